The maximum atomic E-state index is 14.9. The van der Waals surface area contributed by atoms with Crippen LogP contribution in [-0.4, -0.2) is 112 Å². The van der Waals surface area contributed by atoms with E-state index in [0.29, 0.717) is 47.5 Å². The second-order valence-corrected chi connectivity index (χ2v) is 15.3. The molecule has 3 aromatic carbocycles. The minimum atomic E-state index is -4.00. The fourth-order valence-corrected chi connectivity index (χ4v) is 7.26. The summed E-state index contributed by atoms with van der Waals surface area (Å²) < 4.78 is 40.0. The number of hydrogen-bond acceptors (Lipinski definition) is 8. The minimum Gasteiger partial charge on any atom is -0.493 e. The summed E-state index contributed by atoms with van der Waals surface area (Å²) in [5.74, 6) is 0.637. The van der Waals surface area contributed by atoms with Crippen LogP contribution in [-0.2, 0) is 19.6 Å². The van der Waals surface area contributed by atoms with Gasteiger partial charge in [-0.15, -0.1) is 0 Å². The summed E-state index contributed by atoms with van der Waals surface area (Å²) in [6, 6.07) is 17.5. The lowest BCUT2D eigenvalue weighted by atomic mass is 9.93. The van der Waals surface area contributed by atoms with E-state index in [0.717, 1.165) is 11.1 Å². The maximum absolute atomic E-state index is 14.9. The van der Waals surface area contributed by atoms with Gasteiger partial charge < -0.3 is 19.3 Å². The van der Waals surface area contributed by atoms with Crippen molar-refractivity contribution < 1.29 is 27.5 Å². The molecule has 0 unspecified atom stereocenters. The highest BCUT2D eigenvalue weighted by atomic mass is 35.5. The first-order valence-corrected chi connectivity index (χ1v) is 19.0. The standard InChI is InChI=1S/C36H44Cl2N6O6S/c1-6-50-31-16-15-29(51(47,48)39-23-49-5)21-30(31)35-40-33(25-7-11-27(37)12-8-25)34(26-9-13-28(38)14-10-26)44(35)36(46)43-19-17-42(18-20-43)22-32(45)41(4)24(2)3/h7-16,21,24,33-34,39H,6,17-20,22-23H2,1-5H3/t33-,34+/m0/s1. The summed E-state index contributed by atoms with van der Waals surface area (Å²) in [5, 5.41) is 1.08. The van der Waals surface area contributed by atoms with Crippen LogP contribution < -0.4 is 9.46 Å². The molecular weight excluding hydrogens is 715 g/mol. The Hall–Kier alpha value is -3.72. The highest BCUT2D eigenvalue weighted by Gasteiger charge is 2.45. The van der Waals surface area contributed by atoms with E-state index in [4.69, 9.17) is 37.7 Å². The Bertz CT molecular complexity index is 1830. The predicted molar refractivity (Wildman–Crippen MR) is 198 cm³/mol. The molecule has 0 bridgehead atoms. The molecular formula is C36H44Cl2N6O6S. The van der Waals surface area contributed by atoms with Crippen LogP contribution in [0.2, 0.25) is 10.0 Å². The molecule has 274 valence electrons. The average Bonchev–Trinajstić information content (AvgIpc) is 3.51. The second kappa shape index (κ2) is 16.7. The van der Waals surface area contributed by atoms with Gasteiger partial charge in [0.15, 0.2) is 0 Å². The van der Waals surface area contributed by atoms with Crippen LogP contribution in [0.3, 0.4) is 0 Å². The molecule has 3 amide bonds. The van der Waals surface area contributed by atoms with E-state index in [1.165, 1.54) is 19.2 Å². The molecule has 1 fully saturated rings. The zero-order chi connectivity index (χ0) is 36.9. The summed E-state index contributed by atoms with van der Waals surface area (Å²) in [5.41, 5.74) is 1.91. The van der Waals surface area contributed by atoms with E-state index in [1.54, 1.807) is 52.1 Å². The molecule has 0 saturated carbocycles. The van der Waals surface area contributed by atoms with Crippen molar-refractivity contribution in [3.8, 4) is 5.75 Å². The number of rotatable bonds is 12. The lowest BCUT2D eigenvalue weighted by Gasteiger charge is -2.39. The molecule has 3 aromatic rings. The number of piperazine rings is 1. The lowest BCUT2D eigenvalue weighted by Crippen LogP contribution is -2.55. The molecule has 5 rings (SSSR count). The molecule has 1 N–H and O–H groups in total. The van der Waals surface area contributed by atoms with Crippen LogP contribution in [0.25, 0.3) is 0 Å². The van der Waals surface area contributed by atoms with Crippen molar-refractivity contribution in [3.05, 3.63) is 93.5 Å². The summed E-state index contributed by atoms with van der Waals surface area (Å²) in [7, 11) is -0.820. The van der Waals surface area contributed by atoms with Gasteiger partial charge in [0.2, 0.25) is 15.9 Å². The molecule has 0 spiro atoms. The van der Waals surface area contributed by atoms with Gasteiger partial charge in [0.1, 0.15) is 24.4 Å². The Morgan fingerprint density at radius 2 is 1.57 bits per heavy atom. The molecule has 2 aliphatic heterocycles. The number of halogens is 2. The van der Waals surface area contributed by atoms with Crippen molar-refractivity contribution in [2.24, 2.45) is 4.99 Å². The molecule has 2 heterocycles. The number of urea groups is 1. The number of nitrogens with zero attached hydrogens (tertiary/aromatic N) is 5. The number of carbonyl (C=O) groups is 2. The third kappa shape index (κ3) is 8.85. The Kier molecular flexibility index (Phi) is 12.6. The first-order chi connectivity index (χ1) is 24.3. The van der Waals surface area contributed by atoms with Crippen molar-refractivity contribution in [1.82, 2.24) is 24.3 Å². The molecule has 0 radical (unpaired) electrons. The van der Waals surface area contributed by atoms with Crippen molar-refractivity contribution in [2.45, 2.75) is 43.8 Å². The molecule has 2 atom stereocenters. The Morgan fingerprint density at radius 3 is 2.14 bits per heavy atom. The molecule has 0 aliphatic carbocycles. The van der Waals surface area contributed by atoms with Crippen LogP contribution in [0, 0.1) is 0 Å². The van der Waals surface area contributed by atoms with Gasteiger partial charge in [0.05, 0.1) is 29.7 Å². The molecule has 1 saturated heterocycles. The van der Waals surface area contributed by atoms with Crippen molar-refractivity contribution in [3.63, 3.8) is 0 Å². The Balaban J connectivity index is 1.60. The summed E-state index contributed by atoms with van der Waals surface area (Å²) in [4.78, 5) is 40.0. The number of carbonyl (C=O) groups excluding carboxylic acids is 2. The lowest BCUT2D eigenvalue weighted by molar-refractivity contribution is -0.132. The van der Waals surface area contributed by atoms with Gasteiger partial charge >= 0.3 is 6.03 Å². The highest BCUT2D eigenvalue weighted by molar-refractivity contribution is 7.89. The highest BCUT2D eigenvalue weighted by Crippen LogP contribution is 2.45. The normalized spacial score (nSPS) is 18.2. The van der Waals surface area contributed by atoms with Crippen LogP contribution in [0.1, 0.15) is 49.5 Å². The smallest absolute Gasteiger partial charge is 0.326 e. The minimum absolute atomic E-state index is 0.0191. The molecule has 12 nitrogen and oxygen atoms in total. The SMILES string of the molecule is CCOc1ccc(S(=O)(=O)NCOC)cc1C1=N[C@@H](c2ccc(Cl)cc2)[C@@H](c2ccc(Cl)cc2)N1C(=O)N1CCN(CC(=O)N(C)C(C)C)CC1. The topological polar surface area (TPSA) is 124 Å². The summed E-state index contributed by atoms with van der Waals surface area (Å²) in [6.45, 7) is 7.82. The van der Waals surface area contributed by atoms with Gasteiger partial charge in [-0.25, -0.2) is 13.2 Å². The number of hydrogen-bond donors (Lipinski definition) is 1. The first kappa shape index (κ1) is 38.5. The average molecular weight is 760 g/mol. The number of amides is 3. The van der Waals surface area contributed by atoms with E-state index in [2.05, 4.69) is 4.72 Å². The Labute approximate surface area is 310 Å². The third-order valence-electron chi connectivity index (χ3n) is 9.06. The predicted octanol–water partition coefficient (Wildman–Crippen LogP) is 5.42. The molecule has 0 aromatic heterocycles. The Morgan fingerprint density at radius 1 is 0.961 bits per heavy atom. The van der Waals surface area contributed by atoms with Gasteiger partial charge in [-0.05, 0) is 74.4 Å². The van der Waals surface area contributed by atoms with Crippen molar-refractivity contribution in [2.75, 3.05) is 60.2 Å². The van der Waals surface area contributed by atoms with E-state index in [1.807, 2.05) is 49.9 Å². The zero-order valence-electron chi connectivity index (χ0n) is 29.4. The number of sulfonamides is 1. The number of likely N-dealkylation sites (N-methyl/N-ethyl adjacent to an activating group) is 1. The van der Waals surface area contributed by atoms with Gasteiger partial charge in [-0.3, -0.25) is 19.6 Å². The molecule has 51 heavy (non-hydrogen) atoms. The van der Waals surface area contributed by atoms with Crippen molar-refractivity contribution >= 4 is 51.0 Å². The van der Waals surface area contributed by atoms with Gasteiger partial charge in [0, 0.05) is 56.4 Å². The number of ether oxygens (including phenoxy) is 2. The summed E-state index contributed by atoms with van der Waals surface area (Å²) in [6.07, 6.45) is 0. The zero-order valence-corrected chi connectivity index (χ0v) is 31.7. The molecule has 2 aliphatic rings. The number of nitrogens with one attached hydrogen (secondary N) is 1. The largest absolute Gasteiger partial charge is 0.493 e. The van der Waals surface area contributed by atoms with Crippen molar-refractivity contribution in [1.29, 1.82) is 0 Å². The second-order valence-electron chi connectivity index (χ2n) is 12.6. The molecule has 15 heteroatoms. The first-order valence-electron chi connectivity index (χ1n) is 16.7. The van der Waals surface area contributed by atoms with Crippen LogP contribution in [0.4, 0.5) is 4.79 Å². The van der Waals surface area contributed by atoms with E-state index in [-0.39, 0.29) is 48.6 Å². The fraction of sp³-hybridized carbons (Fsp3) is 0.417. The van der Waals surface area contributed by atoms with Gasteiger partial charge in [-0.1, -0.05) is 47.5 Å². The fourth-order valence-electron chi connectivity index (χ4n) is 6.05. The van der Waals surface area contributed by atoms with Gasteiger partial charge in [-0.2, -0.15) is 4.72 Å². The number of benzene rings is 3. The third-order valence-corrected chi connectivity index (χ3v) is 10.9. The van der Waals surface area contributed by atoms with Crippen LogP contribution in [0.15, 0.2) is 76.6 Å². The van der Waals surface area contributed by atoms with E-state index in [9.17, 15) is 18.0 Å². The van der Waals surface area contributed by atoms with Crippen LogP contribution in [0.5, 0.6) is 5.75 Å². The van der Waals surface area contributed by atoms with Gasteiger partial charge in [0.25, 0.3) is 0 Å². The summed E-state index contributed by atoms with van der Waals surface area (Å²) >= 11 is 12.6. The number of methoxy groups -OCH3 is 1. The monoisotopic (exact) mass is 758 g/mol. The quantitative estimate of drug-likeness (QED) is 0.245. The maximum Gasteiger partial charge on any atom is 0.326 e. The number of aliphatic imine (C=N–C) groups is 1. The van der Waals surface area contributed by atoms with E-state index >= 15 is 0 Å². The van der Waals surface area contributed by atoms with Crippen LogP contribution >= 0.6 is 23.2 Å². The number of amidine groups is 1. The van der Waals surface area contributed by atoms with E-state index < -0.39 is 22.1 Å².